The summed E-state index contributed by atoms with van der Waals surface area (Å²) in [5, 5.41) is 9.12. The molecule has 3 aliphatic carbocycles. The monoisotopic (exact) mass is 1360 g/mol. The number of aliphatic hydroxyl groups is 1. The predicted octanol–water partition coefficient (Wildman–Crippen LogP) is 14.7. The Morgan fingerprint density at radius 1 is 0.578 bits per heavy atom. The molecule has 6 aromatic carbocycles. The summed E-state index contributed by atoms with van der Waals surface area (Å²) >= 11 is 10.5. The van der Waals surface area contributed by atoms with Crippen molar-refractivity contribution in [3.05, 3.63) is 213 Å². The number of carbonyl (C=O) groups is 4. The van der Waals surface area contributed by atoms with Crippen molar-refractivity contribution in [1.29, 1.82) is 0 Å². The van der Waals surface area contributed by atoms with Gasteiger partial charge in [-0.15, -0.1) is 23.2 Å². The maximum atomic E-state index is 13.0. The molecule has 0 spiro atoms. The van der Waals surface area contributed by atoms with Gasteiger partial charge in [0.15, 0.2) is 75.6 Å². The normalized spacial score (nSPS) is 18.2. The molecule has 3 fully saturated rings. The molecule has 7 atom stereocenters. The number of esters is 2. The van der Waals surface area contributed by atoms with Crippen molar-refractivity contribution >= 4 is 67.9 Å². The second kappa shape index (κ2) is 38.4. The number of hydrogen-bond acceptors (Lipinski definition) is 11. The Balaban J connectivity index is 0.000000360. The molecule has 494 valence electrons. The SMILES string of the molecule is CCOC(=O)CP(=O)(OCC)OCC.CCOC(=O)[C@@H]1C[C@H]1c1ccc(F)c(F)c1.C[C@@]1(c2ccc(F)c(F)c2)C[C@H]1N.Fc1ccccc1F.NC(=O)[C@@H]1C[C@H]1c1ccc(F)c(F)c1.O=C(CCl)c1ccc(F)c(F)c1.O[C@H](CCl)c1ccc(F)c(F)c1.S. The van der Waals surface area contributed by atoms with Gasteiger partial charge in [-0.3, -0.25) is 23.7 Å². The summed E-state index contributed by atoms with van der Waals surface area (Å²) in [5.74, 6) is -12.9. The Bertz CT molecular complexity index is 3350. The van der Waals surface area contributed by atoms with Crippen molar-refractivity contribution < 1.29 is 100 Å². The number of alkyl halides is 2. The quantitative estimate of drug-likeness (QED) is 0.0258. The molecule has 3 saturated carbocycles. The summed E-state index contributed by atoms with van der Waals surface area (Å²) in [7, 11) is -3.28. The molecule has 90 heavy (non-hydrogen) atoms. The molecule has 0 saturated heterocycles. The first-order valence-corrected chi connectivity index (χ1v) is 30.0. The van der Waals surface area contributed by atoms with Gasteiger partial charge in [-0.2, -0.15) is 13.5 Å². The Morgan fingerprint density at radius 3 is 1.37 bits per heavy atom. The average Bonchev–Trinajstić information content (AvgIpc) is 1.69. The van der Waals surface area contributed by atoms with Crippen molar-refractivity contribution in [3.63, 3.8) is 0 Å². The van der Waals surface area contributed by atoms with E-state index in [0.29, 0.717) is 30.6 Å². The number of carbonyl (C=O) groups excluding carboxylic acids is 4. The van der Waals surface area contributed by atoms with E-state index < -0.39 is 95.3 Å². The highest BCUT2D eigenvalue weighted by Gasteiger charge is 2.49. The third kappa shape index (κ3) is 25.7. The fourth-order valence-electron chi connectivity index (χ4n) is 7.90. The van der Waals surface area contributed by atoms with Crippen LogP contribution in [0.2, 0.25) is 0 Å². The van der Waals surface area contributed by atoms with Crippen LogP contribution in [0.15, 0.2) is 115 Å². The number of primary amides is 1. The molecule has 0 bridgehead atoms. The van der Waals surface area contributed by atoms with E-state index in [2.05, 4.69) is 4.74 Å². The third-order valence-electron chi connectivity index (χ3n) is 13.1. The van der Waals surface area contributed by atoms with Gasteiger partial charge >= 0.3 is 19.5 Å². The number of Topliss-reactive ketones (excluding diaryl/α,β-unsaturated/α-hetero) is 1. The molecule has 3 aliphatic rings. The molecule has 0 unspecified atom stereocenters. The highest BCUT2D eigenvalue weighted by molar-refractivity contribution is 7.59. The number of rotatable bonds is 17. The van der Waals surface area contributed by atoms with Gasteiger partial charge in [0.1, 0.15) is 6.16 Å². The predicted molar refractivity (Wildman–Crippen MR) is 319 cm³/mol. The Labute approximate surface area is 529 Å². The summed E-state index contributed by atoms with van der Waals surface area (Å²) in [5.41, 5.74) is 13.1. The number of halogens is 14. The van der Waals surface area contributed by atoms with Gasteiger partial charge in [-0.05, 0) is 160 Å². The smallest absolute Gasteiger partial charge is 0.341 e. The molecule has 0 heterocycles. The van der Waals surface area contributed by atoms with E-state index in [1.54, 1.807) is 33.8 Å². The topological polar surface area (TPSA) is 195 Å². The van der Waals surface area contributed by atoms with E-state index >= 15 is 0 Å². The van der Waals surface area contributed by atoms with Gasteiger partial charge in [-0.25, -0.2) is 52.7 Å². The molecule has 0 aliphatic heterocycles. The van der Waals surface area contributed by atoms with Gasteiger partial charge in [0.25, 0.3) is 0 Å². The van der Waals surface area contributed by atoms with Crippen LogP contribution in [0, 0.1) is 81.6 Å². The lowest BCUT2D eigenvalue weighted by molar-refractivity contribution is -0.145. The van der Waals surface area contributed by atoms with Crippen molar-refractivity contribution in [3.8, 4) is 0 Å². The van der Waals surface area contributed by atoms with Gasteiger partial charge in [0.2, 0.25) is 5.91 Å². The van der Waals surface area contributed by atoms with Crippen molar-refractivity contribution in [1.82, 2.24) is 0 Å². The van der Waals surface area contributed by atoms with Crippen LogP contribution in [0.4, 0.5) is 52.7 Å². The molecule has 0 aromatic heterocycles. The van der Waals surface area contributed by atoms with Gasteiger partial charge in [0, 0.05) is 22.9 Å². The van der Waals surface area contributed by atoms with E-state index in [1.165, 1.54) is 42.5 Å². The van der Waals surface area contributed by atoms with Crippen LogP contribution in [-0.2, 0) is 42.9 Å². The summed E-state index contributed by atoms with van der Waals surface area (Å²) in [6.07, 6.45) is 0.882. The van der Waals surface area contributed by atoms with Crippen LogP contribution >= 0.6 is 44.3 Å². The third-order valence-corrected chi connectivity index (χ3v) is 15.6. The van der Waals surface area contributed by atoms with E-state index in [0.717, 1.165) is 78.7 Å². The van der Waals surface area contributed by atoms with E-state index in [1.807, 2.05) is 6.92 Å². The van der Waals surface area contributed by atoms with E-state index in [4.69, 9.17) is 53.6 Å². The molecular weight excluding hydrogens is 1290 g/mol. The van der Waals surface area contributed by atoms with Crippen molar-refractivity contribution in [2.45, 2.75) is 83.3 Å². The Morgan fingerprint density at radius 2 is 0.989 bits per heavy atom. The molecule has 9 rings (SSSR count). The Hall–Kier alpha value is -6.44. The summed E-state index contributed by atoms with van der Waals surface area (Å²) in [6.45, 7) is 9.87. The fourth-order valence-corrected chi connectivity index (χ4v) is 9.68. The zero-order chi connectivity index (χ0) is 66.9. The van der Waals surface area contributed by atoms with Crippen molar-refractivity contribution in [2.24, 2.45) is 23.3 Å². The maximum Gasteiger partial charge on any atom is 0.341 e. The molecule has 12 nitrogen and oxygen atoms in total. The van der Waals surface area contributed by atoms with Crippen LogP contribution < -0.4 is 11.5 Å². The van der Waals surface area contributed by atoms with Crippen LogP contribution in [0.3, 0.4) is 0 Å². The van der Waals surface area contributed by atoms with Crippen LogP contribution in [0.25, 0.3) is 0 Å². The van der Waals surface area contributed by atoms with Gasteiger partial charge in [-0.1, -0.05) is 43.3 Å². The van der Waals surface area contributed by atoms with Crippen molar-refractivity contribution in [2.75, 3.05) is 44.3 Å². The lowest BCUT2D eigenvalue weighted by atomic mass is 9.97. The molecule has 0 radical (unpaired) electrons. The Kier molecular flexibility index (Phi) is 34.0. The second-order valence-electron chi connectivity index (χ2n) is 19.6. The number of nitrogens with two attached hydrogens (primary N) is 2. The van der Waals surface area contributed by atoms with Gasteiger partial charge < -0.3 is 35.1 Å². The molecule has 6 aromatic rings. The second-order valence-corrected chi connectivity index (χ2v) is 22.2. The van der Waals surface area contributed by atoms with E-state index in [-0.39, 0.29) is 109 Å². The van der Waals surface area contributed by atoms with Crippen LogP contribution in [-0.4, -0.2) is 79.1 Å². The molecule has 1 amide bonds. The number of hydrogen-bond donors (Lipinski definition) is 3. The molecule has 28 heteroatoms. The van der Waals surface area contributed by atoms with Crippen LogP contribution in [0.1, 0.15) is 104 Å². The highest BCUT2D eigenvalue weighted by Crippen LogP contribution is 2.50. The highest BCUT2D eigenvalue weighted by atomic mass is 35.5. The number of aliphatic hydroxyl groups excluding tert-OH is 1. The number of ether oxygens (including phenoxy) is 2. The summed E-state index contributed by atoms with van der Waals surface area (Å²) in [4.78, 5) is 44.0. The first kappa shape index (κ1) is 79.7. The first-order chi connectivity index (χ1) is 41.9. The number of ketones is 1. The minimum absolute atomic E-state index is 0. The fraction of sp³-hybridized carbons (Fsp3) is 0.355. The lowest BCUT2D eigenvalue weighted by Gasteiger charge is -2.15. The van der Waals surface area contributed by atoms with Crippen LogP contribution in [0.5, 0.6) is 0 Å². The minimum Gasteiger partial charge on any atom is -0.466 e. The lowest BCUT2D eigenvalue weighted by Crippen LogP contribution is -2.14. The van der Waals surface area contributed by atoms with Gasteiger partial charge in [0.05, 0.1) is 50.2 Å². The first-order valence-electron chi connectivity index (χ1n) is 27.2. The average molecular weight is 1360 g/mol. The standard InChI is InChI=1S/C12H12F2O2.C10H9F2NO.C10H11F2N.C8H7ClF2O.C8H5ClF2O.C8H17O5P.C6H4F2.H2S/c1-2-16-12(15)9-6-8(9)7-3-4-10(13)11(14)5-7;11-8-2-1-5(3-9(8)12)6-4-7(6)10(13)14;1-10(5-9(10)13)6-2-3-7(11)8(12)4-6;2*9-4-8(12)5-1-2-6(10)7(11)3-5;1-4-11-8(9)7-14(10,12-5-2)13-6-3;7-5-3-1-2-4-6(5)8;/h3-5,8-9H,2,6H2,1H3;1-3,6-7H,4H2,(H2,13,14);2-4,9H,5,13H2,1H3;1-3,8,12H,4H2;1-3H,4H2;4-7H2,1-3H3;1-4H;1H2/t8-,9+;6-,7+;9-,10+;8-;;;;/m0011..../s1. The zero-order valence-corrected chi connectivity index (χ0v) is 52.4. The largest absolute Gasteiger partial charge is 0.466 e. The summed E-state index contributed by atoms with van der Waals surface area (Å²) < 4.78 is 181. The maximum absolute atomic E-state index is 13.0. The number of amides is 1. The molecule has 5 N–H and O–H groups in total. The molecular formula is C62H67Cl2F12N2O10PS. The summed E-state index contributed by atoms with van der Waals surface area (Å²) in [6, 6.07) is 22.7. The van der Waals surface area contributed by atoms with E-state index in [9.17, 15) is 76.4 Å². The number of benzene rings is 6. The zero-order valence-electron chi connectivity index (χ0n) is 49.0. The minimum atomic E-state index is -3.28.